The number of pyridine rings is 1. The lowest BCUT2D eigenvalue weighted by atomic mass is 9.95. The number of piperidine rings is 1. The van der Waals surface area contributed by atoms with E-state index in [9.17, 15) is 0 Å². The van der Waals surface area contributed by atoms with E-state index in [-0.39, 0.29) is 0 Å². The Morgan fingerprint density at radius 3 is 3.04 bits per heavy atom. The highest BCUT2D eigenvalue weighted by Gasteiger charge is 2.22. The average molecular weight is 307 g/mol. The van der Waals surface area contributed by atoms with Crippen LogP contribution in [0.15, 0.2) is 37.1 Å². The average Bonchev–Trinajstić information content (AvgIpc) is 3.06. The molecule has 0 unspecified atom stereocenters. The zero-order valence-electron chi connectivity index (χ0n) is 13.4. The topological polar surface area (TPSA) is 57.7 Å². The summed E-state index contributed by atoms with van der Waals surface area (Å²) in [5, 5.41) is 1.16. The van der Waals surface area contributed by atoms with Crippen LogP contribution in [0.1, 0.15) is 26.2 Å². The third kappa shape index (κ3) is 2.56. The molecule has 1 saturated heterocycles. The van der Waals surface area contributed by atoms with Crippen LogP contribution < -0.4 is 4.90 Å². The van der Waals surface area contributed by atoms with Crippen LogP contribution >= 0.6 is 0 Å². The van der Waals surface area contributed by atoms with Crippen molar-refractivity contribution in [2.75, 3.05) is 18.0 Å². The molecule has 0 aliphatic carbocycles. The van der Waals surface area contributed by atoms with Crippen LogP contribution in [-0.2, 0) is 0 Å². The van der Waals surface area contributed by atoms with Crippen LogP contribution in [0.5, 0.6) is 0 Å². The van der Waals surface area contributed by atoms with E-state index in [0.717, 1.165) is 41.3 Å². The van der Waals surface area contributed by atoms with Crippen molar-refractivity contribution in [1.82, 2.24) is 19.9 Å². The zero-order chi connectivity index (χ0) is 15.6. The number of nitrogens with zero attached hydrogens (tertiary/aromatic N) is 4. The fourth-order valence-corrected chi connectivity index (χ4v) is 3.56. The van der Waals surface area contributed by atoms with E-state index in [1.165, 1.54) is 24.9 Å². The summed E-state index contributed by atoms with van der Waals surface area (Å²) in [5.74, 6) is 0.783. The number of aromatic nitrogens is 4. The van der Waals surface area contributed by atoms with Gasteiger partial charge in [-0.2, -0.15) is 0 Å². The lowest BCUT2D eigenvalue weighted by molar-refractivity contribution is 0.405. The summed E-state index contributed by atoms with van der Waals surface area (Å²) in [6.45, 7) is 4.53. The minimum atomic E-state index is 0.783. The van der Waals surface area contributed by atoms with Gasteiger partial charge in [0.25, 0.3) is 0 Å². The Kier molecular flexibility index (Phi) is 3.69. The second-order valence-electron chi connectivity index (χ2n) is 6.21. The number of hydrogen-bond acceptors (Lipinski definition) is 4. The third-order valence-electron chi connectivity index (χ3n) is 4.83. The van der Waals surface area contributed by atoms with E-state index < -0.39 is 0 Å². The predicted octanol–water partition coefficient (Wildman–Crippen LogP) is 3.65. The first kappa shape index (κ1) is 14.2. The molecular weight excluding hydrogens is 286 g/mol. The number of hydrogen-bond donors (Lipinski definition) is 1. The molecule has 4 heterocycles. The van der Waals surface area contributed by atoms with Gasteiger partial charge in [0.1, 0.15) is 5.65 Å². The Bertz CT molecular complexity index is 796. The highest BCUT2D eigenvalue weighted by Crippen LogP contribution is 2.35. The maximum absolute atomic E-state index is 4.49. The molecule has 5 nitrogen and oxygen atoms in total. The number of anilines is 1. The molecule has 0 saturated carbocycles. The van der Waals surface area contributed by atoms with Crippen molar-refractivity contribution in [2.24, 2.45) is 5.92 Å². The maximum atomic E-state index is 4.49. The van der Waals surface area contributed by atoms with Crippen LogP contribution in [0.2, 0.25) is 0 Å². The second-order valence-corrected chi connectivity index (χ2v) is 6.21. The Hall–Kier alpha value is -2.43. The summed E-state index contributed by atoms with van der Waals surface area (Å²) in [5.41, 5.74) is 4.14. The van der Waals surface area contributed by atoms with Gasteiger partial charge in [-0.3, -0.25) is 9.97 Å². The molecule has 1 fully saturated rings. The van der Waals surface area contributed by atoms with Crippen molar-refractivity contribution >= 4 is 16.7 Å². The zero-order valence-corrected chi connectivity index (χ0v) is 13.4. The van der Waals surface area contributed by atoms with Crippen LogP contribution in [0.3, 0.4) is 0 Å². The van der Waals surface area contributed by atoms with Crippen molar-refractivity contribution in [3.63, 3.8) is 0 Å². The molecule has 3 aromatic rings. The minimum Gasteiger partial charge on any atom is -0.371 e. The largest absolute Gasteiger partial charge is 0.371 e. The number of nitrogens with one attached hydrogen (secondary N) is 1. The molecule has 0 bridgehead atoms. The Balaban J connectivity index is 1.82. The minimum absolute atomic E-state index is 0.783. The summed E-state index contributed by atoms with van der Waals surface area (Å²) in [4.78, 5) is 19.0. The van der Waals surface area contributed by atoms with E-state index in [1.54, 1.807) is 12.4 Å². The Labute approximate surface area is 135 Å². The number of H-pyrrole nitrogens is 1. The molecule has 0 amide bonds. The van der Waals surface area contributed by atoms with Gasteiger partial charge in [0.15, 0.2) is 0 Å². The molecule has 1 aliphatic heterocycles. The van der Waals surface area contributed by atoms with Crippen molar-refractivity contribution in [3.05, 3.63) is 37.1 Å². The summed E-state index contributed by atoms with van der Waals surface area (Å²) in [6.07, 6.45) is 13.0. The fraction of sp³-hybridized carbons (Fsp3) is 0.389. The van der Waals surface area contributed by atoms with E-state index in [0.29, 0.717) is 0 Å². The molecule has 118 valence electrons. The molecule has 0 radical (unpaired) electrons. The summed E-state index contributed by atoms with van der Waals surface area (Å²) >= 11 is 0. The SMILES string of the molecule is CC[C@H]1CCCN(c2ccnc3[nH]cc(-c4cnccn4)c23)C1. The van der Waals surface area contributed by atoms with Crippen molar-refractivity contribution in [1.29, 1.82) is 0 Å². The molecule has 1 N–H and O–H groups in total. The third-order valence-corrected chi connectivity index (χ3v) is 4.83. The fourth-order valence-electron chi connectivity index (χ4n) is 3.56. The molecule has 1 atom stereocenters. The molecule has 1 aliphatic rings. The second kappa shape index (κ2) is 5.99. The van der Waals surface area contributed by atoms with Gasteiger partial charge in [-0.15, -0.1) is 0 Å². The van der Waals surface area contributed by atoms with Gasteiger partial charge in [-0.25, -0.2) is 4.98 Å². The van der Waals surface area contributed by atoms with E-state index in [4.69, 9.17) is 0 Å². The number of rotatable bonds is 3. The summed E-state index contributed by atoms with van der Waals surface area (Å²) < 4.78 is 0. The lowest BCUT2D eigenvalue weighted by Crippen LogP contribution is -2.35. The van der Waals surface area contributed by atoms with Gasteiger partial charge in [0.05, 0.1) is 17.3 Å². The number of aromatic amines is 1. The molecule has 5 heteroatoms. The van der Waals surface area contributed by atoms with Crippen LogP contribution in [-0.4, -0.2) is 33.0 Å². The highest BCUT2D eigenvalue weighted by molar-refractivity contribution is 6.01. The smallest absolute Gasteiger partial charge is 0.140 e. The predicted molar refractivity (Wildman–Crippen MR) is 92.3 cm³/mol. The first-order chi connectivity index (χ1) is 11.4. The first-order valence-electron chi connectivity index (χ1n) is 8.34. The van der Waals surface area contributed by atoms with E-state index >= 15 is 0 Å². The van der Waals surface area contributed by atoms with Gasteiger partial charge in [-0.1, -0.05) is 13.3 Å². The van der Waals surface area contributed by atoms with Gasteiger partial charge >= 0.3 is 0 Å². The summed E-state index contributed by atoms with van der Waals surface area (Å²) in [6, 6.07) is 2.13. The van der Waals surface area contributed by atoms with Crippen LogP contribution in [0, 0.1) is 5.92 Å². The van der Waals surface area contributed by atoms with Crippen LogP contribution in [0.4, 0.5) is 5.69 Å². The van der Waals surface area contributed by atoms with Gasteiger partial charge in [-0.05, 0) is 24.8 Å². The monoisotopic (exact) mass is 307 g/mol. The van der Waals surface area contributed by atoms with Crippen molar-refractivity contribution < 1.29 is 0 Å². The Morgan fingerprint density at radius 2 is 2.22 bits per heavy atom. The van der Waals surface area contributed by atoms with E-state index in [1.807, 2.05) is 18.6 Å². The van der Waals surface area contributed by atoms with Crippen LogP contribution in [0.25, 0.3) is 22.3 Å². The van der Waals surface area contributed by atoms with E-state index in [2.05, 4.69) is 37.8 Å². The molecule has 3 aromatic heterocycles. The van der Waals surface area contributed by atoms with Crippen molar-refractivity contribution in [2.45, 2.75) is 26.2 Å². The molecule has 0 aromatic carbocycles. The van der Waals surface area contributed by atoms with Gasteiger partial charge < -0.3 is 9.88 Å². The Morgan fingerprint density at radius 1 is 1.26 bits per heavy atom. The molecule has 23 heavy (non-hydrogen) atoms. The van der Waals surface area contributed by atoms with Crippen molar-refractivity contribution in [3.8, 4) is 11.3 Å². The number of fused-ring (bicyclic) bond motifs is 1. The maximum Gasteiger partial charge on any atom is 0.140 e. The molecule has 4 rings (SSSR count). The summed E-state index contributed by atoms with van der Waals surface area (Å²) in [7, 11) is 0. The quantitative estimate of drug-likeness (QED) is 0.802. The standard InChI is InChI=1S/C18H21N5/c1-2-13-4-3-9-23(12-13)16-5-6-21-18-17(16)14(10-22-18)15-11-19-7-8-20-15/h5-8,10-11,13H,2-4,9,12H2,1H3,(H,21,22)/t13-/m0/s1. The van der Waals surface area contributed by atoms with Gasteiger partial charge in [0, 0.05) is 49.1 Å². The molecule has 0 spiro atoms. The lowest BCUT2D eigenvalue weighted by Gasteiger charge is -2.34. The normalized spacial score (nSPS) is 18.5. The first-order valence-corrected chi connectivity index (χ1v) is 8.34. The van der Waals surface area contributed by atoms with Gasteiger partial charge in [0.2, 0.25) is 0 Å². The molecular formula is C18H21N5. The highest BCUT2D eigenvalue weighted by atomic mass is 15.1.